The SMILES string of the molecule is CCc1ccc(N2CC(N3CCNCC3)C2)cc1. The fourth-order valence-corrected chi connectivity index (χ4v) is 2.89. The molecule has 0 saturated carbocycles. The highest BCUT2D eigenvalue weighted by Gasteiger charge is 2.32. The van der Waals surface area contributed by atoms with Gasteiger partial charge in [-0.15, -0.1) is 0 Å². The van der Waals surface area contributed by atoms with Crippen molar-refractivity contribution in [2.24, 2.45) is 0 Å². The lowest BCUT2D eigenvalue weighted by molar-refractivity contribution is 0.147. The van der Waals surface area contributed by atoms with Crippen molar-refractivity contribution in [3.8, 4) is 0 Å². The van der Waals surface area contributed by atoms with Crippen molar-refractivity contribution >= 4 is 5.69 Å². The van der Waals surface area contributed by atoms with Gasteiger partial charge in [0.05, 0.1) is 0 Å². The molecule has 2 fully saturated rings. The van der Waals surface area contributed by atoms with Crippen LogP contribution in [-0.4, -0.2) is 50.2 Å². The molecule has 0 spiro atoms. The van der Waals surface area contributed by atoms with E-state index in [0.717, 1.165) is 25.6 Å². The summed E-state index contributed by atoms with van der Waals surface area (Å²) in [5.74, 6) is 0. The second-order valence-corrected chi connectivity index (χ2v) is 5.36. The first-order valence-corrected chi connectivity index (χ1v) is 7.15. The standard InChI is InChI=1S/C15H23N3/c1-2-13-3-5-14(6-4-13)18-11-15(12-18)17-9-7-16-8-10-17/h3-6,15-16H,2,7-12H2,1H3. The summed E-state index contributed by atoms with van der Waals surface area (Å²) in [6.45, 7) is 9.35. The van der Waals surface area contributed by atoms with Crippen LogP contribution in [0.3, 0.4) is 0 Å². The van der Waals surface area contributed by atoms with Crippen LogP contribution in [0.25, 0.3) is 0 Å². The highest BCUT2D eigenvalue weighted by molar-refractivity contribution is 5.50. The first-order valence-electron chi connectivity index (χ1n) is 7.15. The van der Waals surface area contributed by atoms with E-state index in [1.54, 1.807) is 0 Å². The zero-order valence-electron chi connectivity index (χ0n) is 11.2. The van der Waals surface area contributed by atoms with E-state index in [-0.39, 0.29) is 0 Å². The van der Waals surface area contributed by atoms with Gasteiger partial charge in [-0.3, -0.25) is 4.90 Å². The minimum absolute atomic E-state index is 0.776. The Balaban J connectivity index is 1.54. The summed E-state index contributed by atoms with van der Waals surface area (Å²) in [4.78, 5) is 5.12. The zero-order chi connectivity index (χ0) is 12.4. The van der Waals surface area contributed by atoms with Gasteiger partial charge in [0.15, 0.2) is 0 Å². The molecule has 3 rings (SSSR count). The molecule has 2 aliphatic rings. The Morgan fingerprint density at radius 2 is 1.78 bits per heavy atom. The molecule has 1 aromatic rings. The summed E-state index contributed by atoms with van der Waals surface area (Å²) in [5, 5.41) is 3.42. The number of anilines is 1. The molecule has 2 aliphatic heterocycles. The molecule has 1 N–H and O–H groups in total. The quantitative estimate of drug-likeness (QED) is 0.867. The summed E-state index contributed by atoms with van der Waals surface area (Å²) >= 11 is 0. The second-order valence-electron chi connectivity index (χ2n) is 5.36. The van der Waals surface area contributed by atoms with Gasteiger partial charge in [-0.25, -0.2) is 0 Å². The van der Waals surface area contributed by atoms with Crippen molar-refractivity contribution in [1.82, 2.24) is 10.2 Å². The molecule has 98 valence electrons. The molecule has 0 bridgehead atoms. The van der Waals surface area contributed by atoms with Crippen LogP contribution in [0.4, 0.5) is 5.69 Å². The van der Waals surface area contributed by atoms with Crippen molar-refractivity contribution in [1.29, 1.82) is 0 Å². The molecule has 0 radical (unpaired) electrons. The van der Waals surface area contributed by atoms with Crippen LogP contribution in [-0.2, 0) is 6.42 Å². The van der Waals surface area contributed by atoms with Crippen LogP contribution < -0.4 is 10.2 Å². The smallest absolute Gasteiger partial charge is 0.0447 e. The van der Waals surface area contributed by atoms with Crippen molar-refractivity contribution < 1.29 is 0 Å². The van der Waals surface area contributed by atoms with Crippen LogP contribution >= 0.6 is 0 Å². The lowest BCUT2D eigenvalue weighted by atomic mass is 10.0. The molecule has 18 heavy (non-hydrogen) atoms. The second kappa shape index (κ2) is 5.29. The number of hydrogen-bond acceptors (Lipinski definition) is 3. The monoisotopic (exact) mass is 245 g/mol. The van der Waals surface area contributed by atoms with E-state index >= 15 is 0 Å². The number of piperazine rings is 1. The third-order valence-corrected chi connectivity index (χ3v) is 4.24. The number of nitrogens with zero attached hydrogens (tertiary/aromatic N) is 2. The Hall–Kier alpha value is -1.06. The van der Waals surface area contributed by atoms with E-state index in [4.69, 9.17) is 0 Å². The van der Waals surface area contributed by atoms with Gasteiger partial charge in [-0.1, -0.05) is 19.1 Å². The average Bonchev–Trinajstić information content (AvgIpc) is 2.39. The first kappa shape index (κ1) is 12.0. The molecule has 0 amide bonds. The topological polar surface area (TPSA) is 18.5 Å². The van der Waals surface area contributed by atoms with Crippen LogP contribution in [0.15, 0.2) is 24.3 Å². The van der Waals surface area contributed by atoms with E-state index in [0.29, 0.717) is 0 Å². The van der Waals surface area contributed by atoms with Crippen LogP contribution in [0.2, 0.25) is 0 Å². The lowest BCUT2D eigenvalue weighted by Crippen LogP contribution is -2.62. The van der Waals surface area contributed by atoms with Gasteiger partial charge in [0.25, 0.3) is 0 Å². The van der Waals surface area contributed by atoms with Gasteiger partial charge in [-0.05, 0) is 24.1 Å². The van der Waals surface area contributed by atoms with Crippen LogP contribution in [0.5, 0.6) is 0 Å². The average molecular weight is 245 g/mol. The van der Waals surface area contributed by atoms with Crippen molar-refractivity contribution in [3.63, 3.8) is 0 Å². The predicted octanol–water partition coefficient (Wildman–Crippen LogP) is 1.34. The highest BCUT2D eigenvalue weighted by atomic mass is 15.3. The van der Waals surface area contributed by atoms with Gasteiger partial charge in [-0.2, -0.15) is 0 Å². The van der Waals surface area contributed by atoms with E-state index in [1.807, 2.05) is 0 Å². The van der Waals surface area contributed by atoms with Crippen molar-refractivity contribution in [3.05, 3.63) is 29.8 Å². The normalized spacial score (nSPS) is 21.9. The fraction of sp³-hybridized carbons (Fsp3) is 0.600. The third kappa shape index (κ3) is 2.38. The molecule has 2 saturated heterocycles. The predicted molar refractivity (Wildman–Crippen MR) is 76.3 cm³/mol. The number of nitrogens with one attached hydrogen (secondary N) is 1. The minimum Gasteiger partial charge on any atom is -0.368 e. The molecule has 0 aromatic heterocycles. The number of hydrogen-bond donors (Lipinski definition) is 1. The van der Waals surface area contributed by atoms with E-state index < -0.39 is 0 Å². The van der Waals surface area contributed by atoms with Crippen LogP contribution in [0, 0.1) is 0 Å². The van der Waals surface area contributed by atoms with Gasteiger partial charge in [0.1, 0.15) is 0 Å². The van der Waals surface area contributed by atoms with E-state index in [1.165, 1.54) is 37.4 Å². The maximum absolute atomic E-state index is 3.42. The molecule has 1 aromatic carbocycles. The molecular weight excluding hydrogens is 222 g/mol. The van der Waals surface area contributed by atoms with Gasteiger partial charge in [0, 0.05) is 51.0 Å². The summed E-state index contributed by atoms with van der Waals surface area (Å²) < 4.78 is 0. The third-order valence-electron chi connectivity index (χ3n) is 4.24. The largest absolute Gasteiger partial charge is 0.368 e. The van der Waals surface area contributed by atoms with Crippen molar-refractivity contribution in [2.45, 2.75) is 19.4 Å². The van der Waals surface area contributed by atoms with Gasteiger partial charge < -0.3 is 10.2 Å². The van der Waals surface area contributed by atoms with Gasteiger partial charge >= 0.3 is 0 Å². The van der Waals surface area contributed by atoms with E-state index in [2.05, 4.69) is 46.3 Å². The summed E-state index contributed by atoms with van der Waals surface area (Å²) in [6, 6.07) is 9.83. The number of aryl methyl sites for hydroxylation is 1. The molecule has 2 heterocycles. The molecule has 3 heteroatoms. The van der Waals surface area contributed by atoms with E-state index in [9.17, 15) is 0 Å². The molecule has 0 atom stereocenters. The Bertz CT molecular complexity index is 375. The summed E-state index contributed by atoms with van der Waals surface area (Å²) in [6.07, 6.45) is 1.13. The van der Waals surface area contributed by atoms with Crippen LogP contribution in [0.1, 0.15) is 12.5 Å². The summed E-state index contributed by atoms with van der Waals surface area (Å²) in [7, 11) is 0. The lowest BCUT2D eigenvalue weighted by Gasteiger charge is -2.48. The number of rotatable bonds is 3. The maximum atomic E-state index is 3.42. The maximum Gasteiger partial charge on any atom is 0.0447 e. The first-order chi connectivity index (χ1) is 8.86. The molecule has 0 unspecified atom stereocenters. The molecule has 0 aliphatic carbocycles. The Kier molecular flexibility index (Phi) is 3.52. The zero-order valence-corrected chi connectivity index (χ0v) is 11.2. The Morgan fingerprint density at radius 3 is 2.39 bits per heavy atom. The molecule has 3 nitrogen and oxygen atoms in total. The highest BCUT2D eigenvalue weighted by Crippen LogP contribution is 2.24. The summed E-state index contributed by atoms with van der Waals surface area (Å²) in [5.41, 5.74) is 2.82. The minimum atomic E-state index is 0.776. The fourth-order valence-electron chi connectivity index (χ4n) is 2.89. The number of benzene rings is 1. The van der Waals surface area contributed by atoms with Crippen molar-refractivity contribution in [2.75, 3.05) is 44.2 Å². The molecular formula is C15H23N3. The van der Waals surface area contributed by atoms with Gasteiger partial charge in [0.2, 0.25) is 0 Å². The Labute approximate surface area is 110 Å². The Morgan fingerprint density at radius 1 is 1.11 bits per heavy atom.